The summed E-state index contributed by atoms with van der Waals surface area (Å²) in [6.45, 7) is 1.81. The molecule has 1 heterocycles. The highest BCUT2D eigenvalue weighted by atomic mass is 16.5. The van der Waals surface area contributed by atoms with Crippen molar-refractivity contribution < 1.29 is 14.2 Å². The Balaban J connectivity index is 1.43. The number of nitrogens with one attached hydrogen (secondary N) is 1. The van der Waals surface area contributed by atoms with Crippen LogP contribution in [0.4, 0.5) is 0 Å². The number of hydrogen-bond donors (Lipinski definition) is 1. The van der Waals surface area contributed by atoms with Gasteiger partial charge >= 0.3 is 0 Å². The Labute approximate surface area is 189 Å². The van der Waals surface area contributed by atoms with E-state index in [1.54, 1.807) is 0 Å². The summed E-state index contributed by atoms with van der Waals surface area (Å²) in [5.74, 6) is 0. The van der Waals surface area contributed by atoms with E-state index in [9.17, 15) is 5.26 Å². The van der Waals surface area contributed by atoms with Crippen molar-refractivity contribution in [3.8, 4) is 6.07 Å². The van der Waals surface area contributed by atoms with Crippen molar-refractivity contribution in [3.63, 3.8) is 0 Å². The van der Waals surface area contributed by atoms with Crippen LogP contribution >= 0.6 is 0 Å². The van der Waals surface area contributed by atoms with Gasteiger partial charge in [0.05, 0.1) is 38.5 Å². The SMILES string of the molecule is N#C[C@H]1N[C@@H](COCc2ccccc2)[C@@H](OCc2ccccc2)[C@H]1OCc1ccccc1. The number of benzene rings is 3. The zero-order valence-corrected chi connectivity index (χ0v) is 18.0. The molecule has 32 heavy (non-hydrogen) atoms. The van der Waals surface area contributed by atoms with Gasteiger partial charge in [-0.1, -0.05) is 91.0 Å². The van der Waals surface area contributed by atoms with Crippen LogP contribution in [0, 0.1) is 11.3 Å². The molecule has 0 unspecified atom stereocenters. The third-order valence-corrected chi connectivity index (χ3v) is 5.56. The van der Waals surface area contributed by atoms with Gasteiger partial charge < -0.3 is 14.2 Å². The summed E-state index contributed by atoms with van der Waals surface area (Å²) in [5.41, 5.74) is 3.26. The molecule has 1 fully saturated rings. The van der Waals surface area contributed by atoms with Gasteiger partial charge in [0, 0.05) is 0 Å². The quantitative estimate of drug-likeness (QED) is 0.523. The zero-order valence-electron chi connectivity index (χ0n) is 18.0. The molecule has 3 aromatic carbocycles. The molecule has 3 aromatic rings. The molecule has 0 spiro atoms. The second-order valence-corrected chi connectivity index (χ2v) is 7.90. The Morgan fingerprint density at radius 2 is 1.12 bits per heavy atom. The fraction of sp³-hybridized carbons (Fsp3) is 0.296. The van der Waals surface area contributed by atoms with Gasteiger partial charge in [0.1, 0.15) is 18.2 Å². The fourth-order valence-corrected chi connectivity index (χ4v) is 3.91. The summed E-state index contributed by atoms with van der Waals surface area (Å²) >= 11 is 0. The van der Waals surface area contributed by atoms with Crippen molar-refractivity contribution in [2.75, 3.05) is 6.61 Å². The van der Waals surface area contributed by atoms with Gasteiger partial charge in [-0.2, -0.15) is 5.26 Å². The maximum absolute atomic E-state index is 9.77. The third-order valence-electron chi connectivity index (χ3n) is 5.56. The van der Waals surface area contributed by atoms with Gasteiger partial charge in [-0.05, 0) is 16.7 Å². The van der Waals surface area contributed by atoms with Crippen LogP contribution < -0.4 is 5.32 Å². The molecule has 1 aliphatic rings. The van der Waals surface area contributed by atoms with E-state index < -0.39 is 12.1 Å². The van der Waals surface area contributed by atoms with E-state index in [1.807, 2.05) is 91.0 Å². The topological polar surface area (TPSA) is 63.5 Å². The lowest BCUT2D eigenvalue weighted by molar-refractivity contribution is -0.0824. The minimum Gasteiger partial charge on any atom is -0.375 e. The molecule has 0 aromatic heterocycles. The molecule has 0 bridgehead atoms. The molecular formula is C27H28N2O3. The van der Waals surface area contributed by atoms with Crippen molar-refractivity contribution in [2.24, 2.45) is 0 Å². The van der Waals surface area contributed by atoms with Gasteiger partial charge in [0.2, 0.25) is 0 Å². The minimum atomic E-state index is -0.468. The molecule has 5 heteroatoms. The highest BCUT2D eigenvalue weighted by molar-refractivity contribution is 5.17. The van der Waals surface area contributed by atoms with Crippen LogP contribution in [0.25, 0.3) is 0 Å². The molecule has 5 nitrogen and oxygen atoms in total. The summed E-state index contributed by atoms with van der Waals surface area (Å²) in [6, 6.07) is 31.8. The van der Waals surface area contributed by atoms with Crippen LogP contribution in [0.15, 0.2) is 91.0 Å². The lowest BCUT2D eigenvalue weighted by Gasteiger charge is -2.25. The summed E-state index contributed by atoms with van der Waals surface area (Å²) in [6.07, 6.45) is -0.700. The molecule has 0 radical (unpaired) electrons. The van der Waals surface area contributed by atoms with E-state index in [2.05, 4.69) is 11.4 Å². The first-order valence-electron chi connectivity index (χ1n) is 10.9. The van der Waals surface area contributed by atoms with Crippen LogP contribution in [-0.2, 0) is 34.0 Å². The zero-order chi connectivity index (χ0) is 22.0. The van der Waals surface area contributed by atoms with E-state index in [0.29, 0.717) is 26.4 Å². The molecule has 4 atom stereocenters. The highest BCUT2D eigenvalue weighted by Gasteiger charge is 2.45. The average Bonchev–Trinajstić information content (AvgIpc) is 3.19. The van der Waals surface area contributed by atoms with Gasteiger partial charge in [0.15, 0.2) is 0 Å². The minimum absolute atomic E-state index is 0.146. The summed E-state index contributed by atoms with van der Waals surface area (Å²) in [4.78, 5) is 0. The number of ether oxygens (including phenoxy) is 3. The number of nitriles is 1. The van der Waals surface area contributed by atoms with Gasteiger partial charge in [-0.3, -0.25) is 5.32 Å². The molecule has 1 aliphatic heterocycles. The van der Waals surface area contributed by atoms with Crippen LogP contribution in [0.5, 0.6) is 0 Å². The Hall–Kier alpha value is -3.01. The monoisotopic (exact) mass is 428 g/mol. The first-order chi connectivity index (χ1) is 15.8. The molecule has 4 rings (SSSR count). The molecular weight excluding hydrogens is 400 g/mol. The Morgan fingerprint density at radius 3 is 1.62 bits per heavy atom. The van der Waals surface area contributed by atoms with Crippen LogP contribution in [0.1, 0.15) is 16.7 Å². The normalized spacial score (nSPS) is 22.5. The van der Waals surface area contributed by atoms with Crippen molar-refractivity contribution in [1.29, 1.82) is 5.26 Å². The average molecular weight is 429 g/mol. The first kappa shape index (κ1) is 22.2. The third kappa shape index (κ3) is 6.03. The number of hydrogen-bond acceptors (Lipinski definition) is 5. The maximum atomic E-state index is 9.77. The van der Waals surface area contributed by atoms with Crippen molar-refractivity contribution in [3.05, 3.63) is 108 Å². The second-order valence-electron chi connectivity index (χ2n) is 7.90. The van der Waals surface area contributed by atoms with Crippen molar-refractivity contribution in [2.45, 2.75) is 44.1 Å². The standard InChI is InChI=1S/C27H28N2O3/c28-16-24-26(31-18-22-12-6-2-7-13-22)27(32-19-23-14-8-3-9-15-23)25(29-24)20-30-17-21-10-4-1-5-11-21/h1-15,24-27,29H,17-20H2/t24-,25+,26+,27-/m1/s1. The predicted octanol–water partition coefficient (Wildman–Crippen LogP) is 4.24. The Kier molecular flexibility index (Phi) is 8.02. The van der Waals surface area contributed by atoms with E-state index in [-0.39, 0.29) is 12.1 Å². The van der Waals surface area contributed by atoms with Gasteiger partial charge in [-0.15, -0.1) is 0 Å². The molecule has 0 aliphatic carbocycles. The van der Waals surface area contributed by atoms with Crippen LogP contribution in [-0.4, -0.2) is 30.9 Å². The van der Waals surface area contributed by atoms with E-state index in [4.69, 9.17) is 14.2 Å². The molecule has 0 amide bonds. The predicted molar refractivity (Wildman–Crippen MR) is 122 cm³/mol. The number of rotatable bonds is 10. The lowest BCUT2D eigenvalue weighted by atomic mass is 10.1. The molecule has 1 saturated heterocycles. The van der Waals surface area contributed by atoms with Crippen molar-refractivity contribution >= 4 is 0 Å². The smallest absolute Gasteiger partial charge is 0.125 e. The van der Waals surface area contributed by atoms with Crippen molar-refractivity contribution in [1.82, 2.24) is 5.32 Å². The summed E-state index contributed by atoms with van der Waals surface area (Å²) < 4.78 is 18.5. The van der Waals surface area contributed by atoms with E-state index >= 15 is 0 Å². The Bertz CT molecular complexity index is 976. The largest absolute Gasteiger partial charge is 0.375 e. The molecule has 1 N–H and O–H groups in total. The number of nitrogens with zero attached hydrogens (tertiary/aromatic N) is 1. The molecule has 164 valence electrons. The van der Waals surface area contributed by atoms with E-state index in [1.165, 1.54) is 0 Å². The van der Waals surface area contributed by atoms with Crippen LogP contribution in [0.2, 0.25) is 0 Å². The van der Waals surface area contributed by atoms with Gasteiger partial charge in [0.25, 0.3) is 0 Å². The second kappa shape index (κ2) is 11.6. The lowest BCUT2D eigenvalue weighted by Crippen LogP contribution is -2.40. The first-order valence-corrected chi connectivity index (χ1v) is 10.9. The summed E-state index contributed by atoms with van der Waals surface area (Å²) in [7, 11) is 0. The van der Waals surface area contributed by atoms with Crippen LogP contribution in [0.3, 0.4) is 0 Å². The fourth-order valence-electron chi connectivity index (χ4n) is 3.91. The maximum Gasteiger partial charge on any atom is 0.125 e. The van der Waals surface area contributed by atoms with Gasteiger partial charge in [-0.25, -0.2) is 0 Å². The molecule has 0 saturated carbocycles. The van der Waals surface area contributed by atoms with E-state index in [0.717, 1.165) is 16.7 Å². The Morgan fingerprint density at radius 1 is 0.656 bits per heavy atom. The summed E-state index contributed by atoms with van der Waals surface area (Å²) in [5, 5.41) is 13.1. The highest BCUT2D eigenvalue weighted by Crippen LogP contribution is 2.24.